The van der Waals surface area contributed by atoms with Crippen LogP contribution in [0, 0.1) is 5.92 Å². The number of aliphatic hydroxyl groups excluding tert-OH is 1. The summed E-state index contributed by atoms with van der Waals surface area (Å²) in [6.45, 7) is 4.58. The zero-order valence-corrected chi connectivity index (χ0v) is 13.3. The summed E-state index contributed by atoms with van der Waals surface area (Å²) in [5, 5.41) is 13.4. The van der Waals surface area contributed by atoms with Crippen molar-refractivity contribution in [2.75, 3.05) is 24.7 Å². The maximum Gasteiger partial charge on any atom is 0.107 e. The number of nitrogens with zero attached hydrogens (tertiary/aromatic N) is 1. The molecule has 0 bridgehead atoms. The largest absolute Gasteiger partial charge is 0.396 e. The van der Waals surface area contributed by atoms with Gasteiger partial charge in [-0.25, -0.2) is 4.98 Å². The van der Waals surface area contributed by atoms with Gasteiger partial charge >= 0.3 is 0 Å². The number of thiazole rings is 1. The molecule has 0 radical (unpaired) electrons. The van der Waals surface area contributed by atoms with Gasteiger partial charge in [-0.2, -0.15) is 11.8 Å². The molecule has 1 heterocycles. The SMILES string of the molecule is CC1CCc2nc(CNCCSCCCO)sc2C1. The molecule has 5 heteroatoms. The molecule has 1 unspecified atom stereocenters. The standard InChI is InChI=1S/C14H24N2OS2/c1-11-3-4-12-13(9-11)19-14(16-12)10-15-5-8-18-7-2-6-17/h11,15,17H,2-10H2,1H3. The van der Waals surface area contributed by atoms with Gasteiger partial charge in [-0.1, -0.05) is 6.92 Å². The summed E-state index contributed by atoms with van der Waals surface area (Å²) in [6, 6.07) is 0. The van der Waals surface area contributed by atoms with Crippen LogP contribution in [0.15, 0.2) is 0 Å². The first kappa shape index (κ1) is 15.3. The maximum atomic E-state index is 8.68. The van der Waals surface area contributed by atoms with E-state index < -0.39 is 0 Å². The Labute approximate surface area is 124 Å². The van der Waals surface area contributed by atoms with E-state index in [1.807, 2.05) is 23.1 Å². The monoisotopic (exact) mass is 300 g/mol. The van der Waals surface area contributed by atoms with Gasteiger partial charge in [0.1, 0.15) is 5.01 Å². The van der Waals surface area contributed by atoms with Crippen molar-refractivity contribution in [3.05, 3.63) is 15.6 Å². The van der Waals surface area contributed by atoms with Crippen LogP contribution in [0.25, 0.3) is 0 Å². The van der Waals surface area contributed by atoms with Gasteiger partial charge in [0.25, 0.3) is 0 Å². The van der Waals surface area contributed by atoms with Crippen LogP contribution in [0.3, 0.4) is 0 Å². The molecule has 1 aromatic heterocycles. The van der Waals surface area contributed by atoms with Crippen LogP contribution in [0.1, 0.15) is 35.3 Å². The molecule has 0 saturated heterocycles. The Kier molecular flexibility index (Phi) is 6.64. The number of nitrogens with one attached hydrogen (secondary N) is 1. The summed E-state index contributed by atoms with van der Waals surface area (Å²) < 4.78 is 0. The molecule has 0 amide bonds. The first-order valence-electron chi connectivity index (χ1n) is 7.16. The fourth-order valence-electron chi connectivity index (χ4n) is 2.28. The van der Waals surface area contributed by atoms with Gasteiger partial charge in [0.2, 0.25) is 0 Å². The third-order valence-electron chi connectivity index (χ3n) is 3.38. The van der Waals surface area contributed by atoms with Gasteiger partial charge in [0, 0.05) is 30.3 Å². The summed E-state index contributed by atoms with van der Waals surface area (Å²) in [5.41, 5.74) is 1.36. The number of thioether (sulfide) groups is 1. The summed E-state index contributed by atoms with van der Waals surface area (Å²) >= 11 is 3.80. The number of aliphatic hydroxyl groups is 1. The minimum atomic E-state index is 0.309. The minimum Gasteiger partial charge on any atom is -0.396 e. The Hall–Kier alpha value is -0.100. The van der Waals surface area contributed by atoms with E-state index in [0.717, 1.165) is 36.9 Å². The molecule has 1 atom stereocenters. The molecule has 2 rings (SSSR count). The third kappa shape index (κ3) is 5.06. The molecule has 0 saturated carbocycles. The van der Waals surface area contributed by atoms with Crippen LogP contribution < -0.4 is 5.32 Å². The van der Waals surface area contributed by atoms with E-state index >= 15 is 0 Å². The van der Waals surface area contributed by atoms with Crippen LogP contribution in [0.5, 0.6) is 0 Å². The molecule has 2 N–H and O–H groups in total. The highest BCUT2D eigenvalue weighted by Crippen LogP contribution is 2.29. The van der Waals surface area contributed by atoms with Crippen molar-refractivity contribution < 1.29 is 5.11 Å². The zero-order valence-electron chi connectivity index (χ0n) is 11.7. The van der Waals surface area contributed by atoms with Crippen LogP contribution >= 0.6 is 23.1 Å². The maximum absolute atomic E-state index is 8.68. The number of fused-ring (bicyclic) bond motifs is 1. The van der Waals surface area contributed by atoms with Crippen molar-refractivity contribution in [1.29, 1.82) is 0 Å². The lowest BCUT2D eigenvalue weighted by atomic mass is 9.93. The number of rotatable bonds is 8. The van der Waals surface area contributed by atoms with Crippen molar-refractivity contribution in [3.63, 3.8) is 0 Å². The van der Waals surface area contributed by atoms with Gasteiger partial charge in [0.15, 0.2) is 0 Å². The Morgan fingerprint density at radius 3 is 3.21 bits per heavy atom. The predicted octanol–water partition coefficient (Wildman–Crippen LogP) is 2.47. The van der Waals surface area contributed by atoms with E-state index in [0.29, 0.717) is 6.61 Å². The number of hydrogen-bond acceptors (Lipinski definition) is 5. The molecule has 108 valence electrons. The molecule has 1 aliphatic rings. The zero-order chi connectivity index (χ0) is 13.5. The van der Waals surface area contributed by atoms with E-state index in [4.69, 9.17) is 10.1 Å². The molecule has 0 aromatic carbocycles. The van der Waals surface area contributed by atoms with Gasteiger partial charge < -0.3 is 10.4 Å². The predicted molar refractivity (Wildman–Crippen MR) is 84.0 cm³/mol. The van der Waals surface area contributed by atoms with Crippen molar-refractivity contribution in [1.82, 2.24) is 10.3 Å². The molecule has 1 aliphatic carbocycles. The van der Waals surface area contributed by atoms with Crippen LogP contribution in [0.4, 0.5) is 0 Å². The normalized spacial score (nSPS) is 18.5. The topological polar surface area (TPSA) is 45.2 Å². The number of aromatic nitrogens is 1. The first-order valence-corrected chi connectivity index (χ1v) is 9.13. The summed E-state index contributed by atoms with van der Waals surface area (Å²) in [7, 11) is 0. The molecular formula is C14H24N2OS2. The van der Waals surface area contributed by atoms with Crippen molar-refractivity contribution >= 4 is 23.1 Å². The van der Waals surface area contributed by atoms with Crippen molar-refractivity contribution in [2.24, 2.45) is 5.92 Å². The van der Waals surface area contributed by atoms with Crippen LogP contribution in [0.2, 0.25) is 0 Å². The van der Waals surface area contributed by atoms with E-state index in [9.17, 15) is 0 Å². The summed E-state index contributed by atoms with van der Waals surface area (Å²) in [6.07, 6.45) is 4.60. The van der Waals surface area contributed by atoms with E-state index in [-0.39, 0.29) is 0 Å². The molecule has 0 spiro atoms. The third-order valence-corrected chi connectivity index (χ3v) is 5.57. The Morgan fingerprint density at radius 2 is 2.37 bits per heavy atom. The van der Waals surface area contributed by atoms with Gasteiger partial charge in [-0.15, -0.1) is 11.3 Å². The van der Waals surface area contributed by atoms with E-state index in [1.54, 1.807) is 0 Å². The fourth-order valence-corrected chi connectivity index (χ4v) is 4.35. The molecule has 1 aromatic rings. The second-order valence-corrected chi connectivity index (χ2v) is 7.58. The Morgan fingerprint density at radius 1 is 1.47 bits per heavy atom. The molecule has 0 fully saturated rings. The Bertz CT molecular complexity index is 382. The lowest BCUT2D eigenvalue weighted by Crippen LogP contribution is -2.16. The fraction of sp³-hybridized carbons (Fsp3) is 0.786. The molecule has 3 nitrogen and oxygen atoms in total. The van der Waals surface area contributed by atoms with Crippen molar-refractivity contribution in [2.45, 2.75) is 39.2 Å². The van der Waals surface area contributed by atoms with Crippen LogP contribution in [-0.4, -0.2) is 34.7 Å². The number of hydrogen-bond donors (Lipinski definition) is 2. The van der Waals surface area contributed by atoms with Crippen molar-refractivity contribution in [3.8, 4) is 0 Å². The lowest BCUT2D eigenvalue weighted by molar-refractivity contribution is 0.296. The Balaban J connectivity index is 1.64. The summed E-state index contributed by atoms with van der Waals surface area (Å²) in [4.78, 5) is 6.27. The average Bonchev–Trinajstić information content (AvgIpc) is 2.79. The highest BCUT2D eigenvalue weighted by molar-refractivity contribution is 7.99. The molecule has 19 heavy (non-hydrogen) atoms. The quantitative estimate of drug-likeness (QED) is 0.724. The second kappa shape index (κ2) is 8.25. The smallest absolute Gasteiger partial charge is 0.107 e. The van der Waals surface area contributed by atoms with Crippen LogP contribution in [-0.2, 0) is 19.4 Å². The number of aryl methyl sites for hydroxylation is 1. The highest BCUT2D eigenvalue weighted by atomic mass is 32.2. The second-order valence-electron chi connectivity index (χ2n) is 5.19. The van der Waals surface area contributed by atoms with E-state index in [1.165, 1.54) is 34.8 Å². The van der Waals surface area contributed by atoms with Gasteiger partial charge in [-0.3, -0.25) is 0 Å². The minimum absolute atomic E-state index is 0.309. The first-order chi connectivity index (χ1) is 9.29. The average molecular weight is 300 g/mol. The van der Waals surface area contributed by atoms with Gasteiger partial charge in [-0.05, 0) is 37.4 Å². The molecule has 0 aliphatic heterocycles. The summed E-state index contributed by atoms with van der Waals surface area (Å²) in [5.74, 6) is 3.00. The highest BCUT2D eigenvalue weighted by Gasteiger charge is 2.19. The molecular weight excluding hydrogens is 276 g/mol. The van der Waals surface area contributed by atoms with E-state index in [2.05, 4.69) is 12.2 Å². The lowest BCUT2D eigenvalue weighted by Gasteiger charge is -2.15. The van der Waals surface area contributed by atoms with Gasteiger partial charge in [0.05, 0.1) is 5.69 Å².